The monoisotopic (exact) mass is 396 g/mol. The molecule has 0 saturated carbocycles. The first-order valence-corrected chi connectivity index (χ1v) is 9.29. The minimum absolute atomic E-state index is 0.0376. The first kappa shape index (κ1) is 20.7. The van der Waals surface area contributed by atoms with Gasteiger partial charge in [-0.05, 0) is 31.5 Å². The summed E-state index contributed by atoms with van der Waals surface area (Å²) in [6, 6.07) is 3.71. The number of hydrogen-bond donors (Lipinski definition) is 2. The molecule has 0 aliphatic rings. The number of benzene rings is 1. The number of sulfonamides is 1. The van der Waals surface area contributed by atoms with Gasteiger partial charge in [0.25, 0.3) is 5.91 Å². The van der Waals surface area contributed by atoms with Gasteiger partial charge in [0, 0.05) is 6.04 Å². The Bertz CT molecular complexity index is 709. The van der Waals surface area contributed by atoms with E-state index in [1.807, 2.05) is 13.8 Å². The lowest BCUT2D eigenvalue weighted by Crippen LogP contribution is -2.37. The summed E-state index contributed by atoms with van der Waals surface area (Å²) in [4.78, 5) is 22.8. The van der Waals surface area contributed by atoms with Gasteiger partial charge in [0.05, 0.1) is 14.9 Å². The molecule has 0 heterocycles. The zero-order valence-electron chi connectivity index (χ0n) is 13.1. The Hall–Kier alpha value is -1.35. The molecule has 1 aromatic rings. The molecule has 134 valence electrons. The van der Waals surface area contributed by atoms with Crippen LogP contribution in [0.1, 0.15) is 20.3 Å². The molecular weight excluding hydrogens is 379 g/mol. The van der Waals surface area contributed by atoms with E-state index in [1.165, 1.54) is 12.1 Å². The molecule has 0 aliphatic heterocycles. The first-order valence-electron chi connectivity index (χ1n) is 7.05. The van der Waals surface area contributed by atoms with Crippen LogP contribution in [-0.2, 0) is 24.3 Å². The Kier molecular flexibility index (Phi) is 7.95. The maximum atomic E-state index is 12.0. The average molecular weight is 397 g/mol. The highest BCUT2D eigenvalue weighted by Gasteiger charge is 2.18. The molecule has 10 heteroatoms. The summed E-state index contributed by atoms with van der Waals surface area (Å²) < 4.78 is 30.8. The van der Waals surface area contributed by atoms with Gasteiger partial charge in [0.1, 0.15) is 6.54 Å². The van der Waals surface area contributed by atoms with Gasteiger partial charge in [-0.2, -0.15) is 4.72 Å². The number of carbonyl (C=O) groups is 2. The van der Waals surface area contributed by atoms with E-state index in [-0.39, 0.29) is 21.0 Å². The van der Waals surface area contributed by atoms with Gasteiger partial charge in [0.15, 0.2) is 6.61 Å². The molecule has 0 bridgehead atoms. The van der Waals surface area contributed by atoms with Crippen molar-refractivity contribution in [2.75, 3.05) is 13.2 Å². The molecule has 1 unspecified atom stereocenters. The van der Waals surface area contributed by atoms with E-state index < -0.39 is 35.1 Å². The zero-order valence-corrected chi connectivity index (χ0v) is 15.5. The average Bonchev–Trinajstić information content (AvgIpc) is 2.53. The van der Waals surface area contributed by atoms with Crippen LogP contribution in [0.4, 0.5) is 0 Å². The molecular formula is C14H18Cl2N2O5S. The van der Waals surface area contributed by atoms with E-state index >= 15 is 0 Å². The Morgan fingerprint density at radius 2 is 1.92 bits per heavy atom. The van der Waals surface area contributed by atoms with Crippen molar-refractivity contribution in [3.05, 3.63) is 28.2 Å². The van der Waals surface area contributed by atoms with E-state index in [1.54, 1.807) is 0 Å². The molecule has 0 aliphatic carbocycles. The lowest BCUT2D eigenvalue weighted by atomic mass is 10.2. The van der Waals surface area contributed by atoms with Crippen LogP contribution in [0.25, 0.3) is 0 Å². The highest BCUT2D eigenvalue weighted by atomic mass is 35.5. The van der Waals surface area contributed by atoms with Crippen molar-refractivity contribution in [2.45, 2.75) is 31.2 Å². The summed E-state index contributed by atoms with van der Waals surface area (Å²) in [5.74, 6) is -1.33. The fraction of sp³-hybridized carbons (Fsp3) is 0.429. The lowest BCUT2D eigenvalue weighted by Gasteiger charge is -2.11. The van der Waals surface area contributed by atoms with Crippen molar-refractivity contribution in [1.29, 1.82) is 0 Å². The Morgan fingerprint density at radius 1 is 1.25 bits per heavy atom. The highest BCUT2D eigenvalue weighted by molar-refractivity contribution is 7.89. The summed E-state index contributed by atoms with van der Waals surface area (Å²) in [6.45, 7) is 2.62. The maximum Gasteiger partial charge on any atom is 0.321 e. The Morgan fingerprint density at radius 3 is 2.50 bits per heavy atom. The number of rotatable bonds is 8. The largest absolute Gasteiger partial charge is 0.455 e. The summed E-state index contributed by atoms with van der Waals surface area (Å²) in [7, 11) is -3.95. The Balaban J connectivity index is 2.51. The third kappa shape index (κ3) is 6.64. The van der Waals surface area contributed by atoms with Gasteiger partial charge in [-0.25, -0.2) is 8.42 Å². The molecule has 24 heavy (non-hydrogen) atoms. The molecule has 0 spiro atoms. The van der Waals surface area contributed by atoms with Gasteiger partial charge >= 0.3 is 5.97 Å². The molecule has 7 nitrogen and oxygen atoms in total. The second-order valence-corrected chi connectivity index (χ2v) is 7.52. The minimum atomic E-state index is -3.95. The number of hydrogen-bond acceptors (Lipinski definition) is 5. The van der Waals surface area contributed by atoms with Gasteiger partial charge in [-0.15, -0.1) is 0 Å². The summed E-state index contributed by atoms with van der Waals surface area (Å²) in [5, 5.41) is 2.90. The number of amides is 1. The third-order valence-corrected chi connectivity index (χ3v) is 5.13. The standard InChI is InChI=1S/C14H18Cl2N2O5S/c1-3-9(2)18-13(19)8-23-14(20)7-17-24(21,22)10-4-5-11(15)12(16)6-10/h4-6,9,17H,3,7-8H2,1-2H3,(H,18,19). The molecule has 0 radical (unpaired) electrons. The molecule has 0 aromatic heterocycles. The van der Waals surface area contributed by atoms with E-state index in [4.69, 9.17) is 27.9 Å². The van der Waals surface area contributed by atoms with Crippen LogP contribution >= 0.6 is 23.2 Å². The fourth-order valence-corrected chi connectivity index (χ4v) is 2.85. The van der Waals surface area contributed by atoms with Crippen molar-refractivity contribution < 1.29 is 22.7 Å². The van der Waals surface area contributed by atoms with E-state index in [0.29, 0.717) is 0 Å². The predicted molar refractivity (Wildman–Crippen MR) is 90.5 cm³/mol. The molecule has 2 N–H and O–H groups in total. The second-order valence-electron chi connectivity index (χ2n) is 4.94. The Labute approximate surface area is 150 Å². The van der Waals surface area contributed by atoms with Gasteiger partial charge in [-0.3, -0.25) is 9.59 Å². The minimum Gasteiger partial charge on any atom is -0.455 e. The summed E-state index contributed by atoms with van der Waals surface area (Å²) >= 11 is 11.5. The number of halogens is 2. The number of ether oxygens (including phenoxy) is 1. The summed E-state index contributed by atoms with van der Waals surface area (Å²) in [6.07, 6.45) is 0.739. The van der Waals surface area contributed by atoms with Crippen molar-refractivity contribution >= 4 is 45.1 Å². The van der Waals surface area contributed by atoms with Gasteiger partial charge < -0.3 is 10.1 Å². The summed E-state index contributed by atoms with van der Waals surface area (Å²) in [5.41, 5.74) is 0. The topological polar surface area (TPSA) is 102 Å². The predicted octanol–water partition coefficient (Wildman–Crippen LogP) is 1.73. The number of esters is 1. The van der Waals surface area contributed by atoms with Crippen LogP contribution < -0.4 is 10.0 Å². The van der Waals surface area contributed by atoms with Crippen LogP contribution in [0.15, 0.2) is 23.1 Å². The molecule has 1 rings (SSSR count). The van der Waals surface area contributed by atoms with Crippen LogP contribution in [0.2, 0.25) is 10.0 Å². The van der Waals surface area contributed by atoms with Crippen LogP contribution in [0.5, 0.6) is 0 Å². The lowest BCUT2D eigenvalue weighted by molar-refractivity contribution is -0.147. The molecule has 0 fully saturated rings. The second kappa shape index (κ2) is 9.22. The first-order chi connectivity index (χ1) is 11.2. The SMILES string of the molecule is CCC(C)NC(=O)COC(=O)CNS(=O)(=O)c1ccc(Cl)c(Cl)c1. The van der Waals surface area contributed by atoms with Crippen molar-refractivity contribution in [2.24, 2.45) is 0 Å². The fourth-order valence-electron chi connectivity index (χ4n) is 1.50. The van der Waals surface area contributed by atoms with Crippen LogP contribution in [0.3, 0.4) is 0 Å². The zero-order chi connectivity index (χ0) is 18.3. The number of nitrogens with one attached hydrogen (secondary N) is 2. The smallest absolute Gasteiger partial charge is 0.321 e. The maximum absolute atomic E-state index is 12.0. The quantitative estimate of drug-likeness (QED) is 0.651. The van der Waals surface area contributed by atoms with Crippen molar-refractivity contribution in [1.82, 2.24) is 10.0 Å². The van der Waals surface area contributed by atoms with Crippen molar-refractivity contribution in [3.8, 4) is 0 Å². The molecule has 0 saturated heterocycles. The van der Waals surface area contributed by atoms with E-state index in [0.717, 1.165) is 12.5 Å². The van der Waals surface area contributed by atoms with Crippen molar-refractivity contribution in [3.63, 3.8) is 0 Å². The number of carbonyl (C=O) groups excluding carboxylic acids is 2. The normalized spacial score (nSPS) is 12.5. The highest BCUT2D eigenvalue weighted by Crippen LogP contribution is 2.24. The van der Waals surface area contributed by atoms with Crippen LogP contribution in [-0.4, -0.2) is 39.5 Å². The van der Waals surface area contributed by atoms with Crippen LogP contribution in [0, 0.1) is 0 Å². The van der Waals surface area contributed by atoms with E-state index in [2.05, 4.69) is 10.0 Å². The van der Waals surface area contributed by atoms with Gasteiger partial charge in [0.2, 0.25) is 10.0 Å². The molecule has 1 aromatic carbocycles. The van der Waals surface area contributed by atoms with Gasteiger partial charge in [-0.1, -0.05) is 30.1 Å². The van der Waals surface area contributed by atoms with E-state index in [9.17, 15) is 18.0 Å². The molecule has 1 amide bonds. The third-order valence-electron chi connectivity index (χ3n) is 2.99. The molecule has 1 atom stereocenters.